The van der Waals surface area contributed by atoms with Crippen LogP contribution < -0.4 is 19.7 Å². The number of nitrogens with zero attached hydrogens (tertiary/aromatic N) is 1. The van der Waals surface area contributed by atoms with Crippen LogP contribution >= 0.6 is 0 Å². The summed E-state index contributed by atoms with van der Waals surface area (Å²) >= 11 is 0. The summed E-state index contributed by atoms with van der Waals surface area (Å²) in [6.45, 7) is 5.95. The van der Waals surface area contributed by atoms with Gasteiger partial charge in [-0.3, -0.25) is 9.59 Å². The fourth-order valence-corrected chi connectivity index (χ4v) is 4.02. The van der Waals surface area contributed by atoms with Gasteiger partial charge in [0, 0.05) is 11.8 Å². The Morgan fingerprint density at radius 2 is 1.39 bits per heavy atom. The van der Waals surface area contributed by atoms with E-state index in [0.717, 1.165) is 27.3 Å². The van der Waals surface area contributed by atoms with E-state index < -0.39 is 11.8 Å². The van der Waals surface area contributed by atoms with Crippen molar-refractivity contribution in [2.75, 3.05) is 24.4 Å². The Kier molecular flexibility index (Phi) is 5.92. The fraction of sp³-hybridized carbons (Fsp3) is 0.185. The Morgan fingerprint density at radius 1 is 0.727 bits per heavy atom. The number of benzene rings is 3. The SMILES string of the molecule is COc1ccc(OC)c(N2C(=O)C(Nc3cc(C)cc(C)c3)=C(c3ccc(C)cc3)C2=O)c1. The molecule has 0 aliphatic carbocycles. The summed E-state index contributed by atoms with van der Waals surface area (Å²) in [4.78, 5) is 28.6. The van der Waals surface area contributed by atoms with Crippen LogP contribution in [0.3, 0.4) is 0 Å². The lowest BCUT2D eigenvalue weighted by Gasteiger charge is -2.19. The van der Waals surface area contributed by atoms with Gasteiger partial charge in [-0.2, -0.15) is 0 Å². The van der Waals surface area contributed by atoms with Crippen molar-refractivity contribution in [2.24, 2.45) is 0 Å². The first-order chi connectivity index (χ1) is 15.8. The quantitative estimate of drug-likeness (QED) is 0.543. The van der Waals surface area contributed by atoms with E-state index in [4.69, 9.17) is 9.47 Å². The van der Waals surface area contributed by atoms with Crippen molar-refractivity contribution in [2.45, 2.75) is 20.8 Å². The molecule has 0 atom stereocenters. The lowest BCUT2D eigenvalue weighted by Crippen LogP contribution is -2.32. The predicted octanol–water partition coefficient (Wildman–Crippen LogP) is 5.03. The number of ether oxygens (including phenoxy) is 2. The van der Waals surface area contributed by atoms with Crippen molar-refractivity contribution in [1.82, 2.24) is 0 Å². The summed E-state index contributed by atoms with van der Waals surface area (Å²) in [6.07, 6.45) is 0. The van der Waals surface area contributed by atoms with Crippen molar-refractivity contribution in [1.29, 1.82) is 0 Å². The molecule has 0 saturated heterocycles. The van der Waals surface area contributed by atoms with Crippen LogP contribution in [-0.2, 0) is 9.59 Å². The predicted molar refractivity (Wildman–Crippen MR) is 130 cm³/mol. The highest BCUT2D eigenvalue weighted by Crippen LogP contribution is 2.39. The Hall–Kier alpha value is -4.06. The van der Waals surface area contributed by atoms with Gasteiger partial charge < -0.3 is 14.8 Å². The minimum atomic E-state index is -0.457. The van der Waals surface area contributed by atoms with Gasteiger partial charge in [0.25, 0.3) is 11.8 Å². The molecule has 33 heavy (non-hydrogen) atoms. The number of hydrogen-bond donors (Lipinski definition) is 1. The summed E-state index contributed by atoms with van der Waals surface area (Å²) in [5.74, 6) is 0.0241. The lowest BCUT2D eigenvalue weighted by atomic mass is 10.0. The summed E-state index contributed by atoms with van der Waals surface area (Å²) in [5.41, 5.74) is 5.43. The van der Waals surface area contributed by atoms with Gasteiger partial charge >= 0.3 is 0 Å². The number of methoxy groups -OCH3 is 2. The topological polar surface area (TPSA) is 67.9 Å². The zero-order valence-electron chi connectivity index (χ0n) is 19.4. The third-order valence-electron chi connectivity index (χ3n) is 5.54. The van der Waals surface area contributed by atoms with Crippen LogP contribution in [0.15, 0.2) is 66.4 Å². The van der Waals surface area contributed by atoms with Crippen LogP contribution in [0.4, 0.5) is 11.4 Å². The first-order valence-corrected chi connectivity index (χ1v) is 10.6. The number of carbonyl (C=O) groups is 2. The molecule has 6 heteroatoms. The maximum absolute atomic E-state index is 13.7. The minimum Gasteiger partial charge on any atom is -0.497 e. The van der Waals surface area contributed by atoms with Gasteiger partial charge in [0.2, 0.25) is 0 Å². The van der Waals surface area contributed by atoms with Gasteiger partial charge in [0.15, 0.2) is 0 Å². The Morgan fingerprint density at radius 3 is 2.00 bits per heavy atom. The Bertz CT molecular complexity index is 1260. The van der Waals surface area contributed by atoms with E-state index in [9.17, 15) is 9.59 Å². The fourth-order valence-electron chi connectivity index (χ4n) is 4.02. The average Bonchev–Trinajstić information content (AvgIpc) is 3.02. The molecule has 1 aliphatic rings. The second-order valence-electron chi connectivity index (χ2n) is 8.10. The van der Waals surface area contributed by atoms with Gasteiger partial charge in [-0.05, 0) is 61.7 Å². The maximum atomic E-state index is 13.7. The second-order valence-corrected chi connectivity index (χ2v) is 8.10. The third kappa shape index (κ3) is 4.20. The van der Waals surface area contributed by atoms with Crippen LogP contribution in [0.1, 0.15) is 22.3 Å². The molecule has 1 N–H and O–H groups in total. The van der Waals surface area contributed by atoms with Crippen molar-refractivity contribution >= 4 is 28.8 Å². The van der Waals surface area contributed by atoms with E-state index >= 15 is 0 Å². The summed E-state index contributed by atoms with van der Waals surface area (Å²) in [7, 11) is 3.03. The largest absolute Gasteiger partial charge is 0.497 e. The van der Waals surface area contributed by atoms with E-state index in [1.807, 2.05) is 57.2 Å². The maximum Gasteiger partial charge on any atom is 0.282 e. The molecular weight excluding hydrogens is 416 g/mol. The number of carbonyl (C=O) groups excluding carboxylic acids is 2. The molecule has 0 radical (unpaired) electrons. The van der Waals surface area contributed by atoms with Gasteiger partial charge in [0.05, 0.1) is 25.5 Å². The smallest absolute Gasteiger partial charge is 0.282 e. The summed E-state index contributed by atoms with van der Waals surface area (Å²) < 4.78 is 10.8. The third-order valence-corrected chi connectivity index (χ3v) is 5.54. The number of nitrogens with one attached hydrogen (secondary N) is 1. The molecular formula is C27H26N2O4. The van der Waals surface area contributed by atoms with E-state index in [2.05, 4.69) is 11.4 Å². The van der Waals surface area contributed by atoms with Crippen molar-refractivity contribution < 1.29 is 19.1 Å². The molecule has 0 spiro atoms. The van der Waals surface area contributed by atoms with Crippen molar-refractivity contribution in [3.63, 3.8) is 0 Å². The minimum absolute atomic E-state index is 0.221. The Balaban J connectivity index is 1.87. The van der Waals surface area contributed by atoms with Gasteiger partial charge in [-0.25, -0.2) is 4.90 Å². The second kappa shape index (κ2) is 8.82. The van der Waals surface area contributed by atoms with E-state index in [1.165, 1.54) is 14.2 Å². The molecule has 4 rings (SSSR count). The van der Waals surface area contributed by atoms with Crippen LogP contribution in [0, 0.1) is 20.8 Å². The first-order valence-electron chi connectivity index (χ1n) is 10.6. The highest BCUT2D eigenvalue weighted by Gasteiger charge is 2.41. The first kappa shape index (κ1) is 22.1. The number of rotatable bonds is 6. The number of aryl methyl sites for hydroxylation is 3. The summed E-state index contributed by atoms with van der Waals surface area (Å²) in [6, 6.07) is 18.5. The van der Waals surface area contributed by atoms with Gasteiger partial charge in [0.1, 0.15) is 17.2 Å². The van der Waals surface area contributed by atoms with Crippen LogP contribution in [0.25, 0.3) is 5.57 Å². The Labute approximate surface area is 193 Å². The monoisotopic (exact) mass is 442 g/mol. The van der Waals surface area contributed by atoms with Gasteiger partial charge in [-0.1, -0.05) is 35.9 Å². The zero-order chi connectivity index (χ0) is 23.7. The number of hydrogen-bond acceptors (Lipinski definition) is 5. The molecule has 6 nitrogen and oxygen atoms in total. The molecule has 0 aromatic heterocycles. The number of amides is 2. The average molecular weight is 443 g/mol. The molecule has 1 heterocycles. The normalized spacial score (nSPS) is 13.5. The molecule has 0 unspecified atom stereocenters. The molecule has 2 amide bonds. The zero-order valence-corrected chi connectivity index (χ0v) is 19.4. The van der Waals surface area contributed by atoms with Crippen molar-refractivity contribution in [3.8, 4) is 11.5 Å². The molecule has 168 valence electrons. The number of anilines is 2. The summed E-state index contributed by atoms with van der Waals surface area (Å²) in [5, 5.41) is 3.23. The van der Waals surface area contributed by atoms with E-state index in [0.29, 0.717) is 28.3 Å². The number of imide groups is 1. The highest BCUT2D eigenvalue weighted by atomic mass is 16.5. The van der Waals surface area contributed by atoms with E-state index in [1.54, 1.807) is 18.2 Å². The van der Waals surface area contributed by atoms with Crippen LogP contribution in [-0.4, -0.2) is 26.0 Å². The highest BCUT2D eigenvalue weighted by molar-refractivity contribution is 6.46. The van der Waals surface area contributed by atoms with Crippen molar-refractivity contribution in [3.05, 3.63) is 88.6 Å². The molecule has 0 fully saturated rings. The molecule has 0 saturated carbocycles. The molecule has 3 aromatic rings. The van der Waals surface area contributed by atoms with Crippen LogP contribution in [0.5, 0.6) is 11.5 Å². The van der Waals surface area contributed by atoms with Gasteiger partial charge in [-0.15, -0.1) is 0 Å². The molecule has 0 bridgehead atoms. The molecule has 3 aromatic carbocycles. The van der Waals surface area contributed by atoms with E-state index in [-0.39, 0.29) is 5.70 Å². The standard InChI is InChI=1S/C27H26N2O4/c1-16-6-8-19(9-7-16)24-25(28-20-13-17(2)12-18(3)14-20)27(31)29(26(24)30)22-15-21(32-4)10-11-23(22)33-5/h6-15,28H,1-5H3. The molecule has 1 aliphatic heterocycles. The lowest BCUT2D eigenvalue weighted by molar-refractivity contribution is -0.120. The van der Waals surface area contributed by atoms with Crippen LogP contribution in [0.2, 0.25) is 0 Å².